The van der Waals surface area contributed by atoms with Gasteiger partial charge in [-0.1, -0.05) is 166 Å². The summed E-state index contributed by atoms with van der Waals surface area (Å²) in [6, 6.07) is 87.7. The number of nitrogens with one attached hydrogen (secondary N) is 1. The second-order valence-corrected chi connectivity index (χ2v) is 21.6. The van der Waals surface area contributed by atoms with Gasteiger partial charge in [0.15, 0.2) is 0 Å². The number of benzene rings is 9. The predicted octanol–water partition coefficient (Wildman–Crippen LogP) is 21.9. The topological polar surface area (TPSA) is 18.5 Å². The van der Waals surface area contributed by atoms with Crippen LogP contribution in [0.5, 0.6) is 0 Å². The lowest BCUT2D eigenvalue weighted by atomic mass is 9.78. The Hall–Kier alpha value is -8.52. The first-order chi connectivity index (χ1) is 38.1. The molecule has 12 aromatic rings. The standard InChI is InChI=1S/C71H57N3S3/c1-3-71(4-2,72-56-37-30-52(31-38-56)65-46-75-45-64(65)51-20-10-5-11-21-51)70-43-36-55(68-49-76-47-66(68)53-32-39-61(40-33-53)73(57-22-12-6-13-23-57)58-24-14-7-15-25-58)44-63(70)69-50-77-48-67(69)54-34-41-62(42-35-54)74(59-26-16-8-17-27-59)60-28-18-9-19-29-60/h5-50,72H,3-4H2,1-2H3. The van der Waals surface area contributed by atoms with Gasteiger partial charge in [0.05, 0.1) is 5.54 Å². The fraction of sp³-hybridized carbons (Fsp3) is 0.0704. The Morgan fingerprint density at radius 3 is 0.987 bits per heavy atom. The number of hydrogen-bond donors (Lipinski definition) is 1. The SMILES string of the molecule is CCC(CC)(Nc1ccc(-c2cscc2-c2ccccc2)cc1)c1ccc(-c2cscc2-c2ccc(N(c3ccccc3)c3ccccc3)cc2)cc1-c1cscc1-c1ccc(N(c2ccccc2)c2ccccc2)cc1. The number of hydrogen-bond acceptors (Lipinski definition) is 6. The lowest BCUT2D eigenvalue weighted by Gasteiger charge is -2.37. The first kappa shape index (κ1) is 49.4. The van der Waals surface area contributed by atoms with Gasteiger partial charge in [-0.3, -0.25) is 0 Å². The van der Waals surface area contributed by atoms with Crippen molar-refractivity contribution in [3.8, 4) is 66.8 Å². The normalized spacial score (nSPS) is 11.4. The van der Waals surface area contributed by atoms with Gasteiger partial charge in [-0.2, -0.15) is 34.0 Å². The van der Waals surface area contributed by atoms with E-state index in [4.69, 9.17) is 0 Å². The third-order valence-electron chi connectivity index (χ3n) is 14.9. The van der Waals surface area contributed by atoms with Crippen LogP contribution in [0.2, 0.25) is 0 Å². The Morgan fingerprint density at radius 2 is 0.597 bits per heavy atom. The molecule has 0 aliphatic carbocycles. The van der Waals surface area contributed by atoms with E-state index in [0.717, 1.165) is 52.7 Å². The Bertz CT molecular complexity index is 3750. The van der Waals surface area contributed by atoms with Crippen LogP contribution in [-0.2, 0) is 5.54 Å². The molecule has 0 fully saturated rings. The van der Waals surface area contributed by atoms with Gasteiger partial charge in [-0.25, -0.2) is 0 Å². The molecule has 3 aromatic heterocycles. The fourth-order valence-electron chi connectivity index (χ4n) is 10.9. The fourth-order valence-corrected chi connectivity index (χ4v) is 13.4. The maximum absolute atomic E-state index is 4.17. The zero-order valence-corrected chi connectivity index (χ0v) is 45.5. The van der Waals surface area contributed by atoms with Crippen molar-refractivity contribution in [3.63, 3.8) is 0 Å². The van der Waals surface area contributed by atoms with Crippen molar-refractivity contribution in [2.75, 3.05) is 15.1 Å². The molecule has 0 saturated heterocycles. The van der Waals surface area contributed by atoms with E-state index in [2.05, 4.69) is 304 Å². The Kier molecular flexibility index (Phi) is 14.3. The van der Waals surface area contributed by atoms with Gasteiger partial charge in [0.1, 0.15) is 0 Å². The monoisotopic (exact) mass is 1050 g/mol. The first-order valence-electron chi connectivity index (χ1n) is 26.4. The van der Waals surface area contributed by atoms with Crippen molar-refractivity contribution in [1.82, 2.24) is 0 Å². The molecule has 3 heterocycles. The minimum absolute atomic E-state index is 0.376. The molecule has 77 heavy (non-hydrogen) atoms. The first-order valence-corrected chi connectivity index (χ1v) is 29.2. The van der Waals surface area contributed by atoms with Gasteiger partial charge >= 0.3 is 0 Å². The van der Waals surface area contributed by atoms with Gasteiger partial charge in [-0.15, -0.1) is 0 Å². The minimum atomic E-state index is -0.376. The molecule has 0 amide bonds. The number of para-hydroxylation sites is 4. The van der Waals surface area contributed by atoms with E-state index in [1.807, 2.05) is 0 Å². The van der Waals surface area contributed by atoms with Crippen molar-refractivity contribution in [1.29, 1.82) is 0 Å². The molecule has 0 saturated carbocycles. The Balaban J connectivity index is 0.935. The van der Waals surface area contributed by atoms with Gasteiger partial charge in [0, 0.05) is 73.2 Å². The average molecular weight is 1050 g/mol. The number of anilines is 7. The van der Waals surface area contributed by atoms with Crippen LogP contribution in [0.25, 0.3) is 66.8 Å². The highest BCUT2D eigenvalue weighted by atomic mass is 32.1. The quantitative estimate of drug-likeness (QED) is 0.0980. The van der Waals surface area contributed by atoms with Crippen molar-refractivity contribution in [2.45, 2.75) is 32.2 Å². The second-order valence-electron chi connectivity index (χ2n) is 19.3. The lowest BCUT2D eigenvalue weighted by Crippen LogP contribution is -2.34. The lowest BCUT2D eigenvalue weighted by molar-refractivity contribution is 0.456. The summed E-state index contributed by atoms with van der Waals surface area (Å²) in [6.45, 7) is 4.66. The van der Waals surface area contributed by atoms with Crippen molar-refractivity contribution in [3.05, 3.63) is 280 Å². The van der Waals surface area contributed by atoms with Crippen LogP contribution in [0.3, 0.4) is 0 Å². The number of thiophene rings is 3. The molecule has 9 aromatic carbocycles. The van der Waals surface area contributed by atoms with Gasteiger partial charge < -0.3 is 15.1 Å². The summed E-state index contributed by atoms with van der Waals surface area (Å²) in [4.78, 5) is 4.64. The van der Waals surface area contributed by atoms with Crippen molar-refractivity contribution >= 4 is 73.8 Å². The Morgan fingerprint density at radius 1 is 0.299 bits per heavy atom. The largest absolute Gasteiger partial charge is 0.376 e. The van der Waals surface area contributed by atoms with E-state index >= 15 is 0 Å². The van der Waals surface area contributed by atoms with Crippen LogP contribution < -0.4 is 15.1 Å². The molecule has 0 atom stereocenters. The van der Waals surface area contributed by atoms with E-state index < -0.39 is 0 Å². The summed E-state index contributed by atoms with van der Waals surface area (Å²) in [5, 5.41) is 18.0. The van der Waals surface area contributed by atoms with Gasteiger partial charge in [-0.05, 0) is 175 Å². The molecular formula is C71H57N3S3. The van der Waals surface area contributed by atoms with Crippen LogP contribution in [0.4, 0.5) is 39.8 Å². The zero-order chi connectivity index (χ0) is 52.0. The maximum Gasteiger partial charge on any atom is 0.0626 e. The van der Waals surface area contributed by atoms with Crippen LogP contribution in [0.15, 0.2) is 275 Å². The van der Waals surface area contributed by atoms with E-state index in [-0.39, 0.29) is 5.54 Å². The molecular weight excluding hydrogens is 991 g/mol. The molecule has 1 N–H and O–H groups in total. The van der Waals surface area contributed by atoms with Crippen LogP contribution >= 0.6 is 34.0 Å². The third kappa shape index (κ3) is 10.1. The minimum Gasteiger partial charge on any atom is -0.376 e. The zero-order valence-electron chi connectivity index (χ0n) is 43.1. The van der Waals surface area contributed by atoms with E-state index in [1.165, 1.54) is 72.3 Å². The highest BCUT2D eigenvalue weighted by molar-refractivity contribution is 7.09. The average Bonchev–Trinajstić information content (AvgIpc) is 4.37. The predicted molar refractivity (Wildman–Crippen MR) is 334 cm³/mol. The smallest absolute Gasteiger partial charge is 0.0626 e. The maximum atomic E-state index is 4.17. The second kappa shape index (κ2) is 22.4. The molecule has 0 aliphatic rings. The summed E-state index contributed by atoms with van der Waals surface area (Å²) >= 11 is 5.29. The molecule has 6 heteroatoms. The molecule has 3 nitrogen and oxygen atoms in total. The third-order valence-corrected chi connectivity index (χ3v) is 17.2. The summed E-state index contributed by atoms with van der Waals surface area (Å²) in [5.74, 6) is 0. The highest BCUT2D eigenvalue weighted by Gasteiger charge is 2.33. The van der Waals surface area contributed by atoms with E-state index in [9.17, 15) is 0 Å². The van der Waals surface area contributed by atoms with Crippen molar-refractivity contribution < 1.29 is 0 Å². The molecule has 0 bridgehead atoms. The summed E-state index contributed by atoms with van der Waals surface area (Å²) in [5.41, 5.74) is 23.4. The summed E-state index contributed by atoms with van der Waals surface area (Å²) in [6.07, 6.45) is 1.78. The van der Waals surface area contributed by atoms with Gasteiger partial charge in [0.2, 0.25) is 0 Å². The van der Waals surface area contributed by atoms with Gasteiger partial charge in [0.25, 0.3) is 0 Å². The van der Waals surface area contributed by atoms with Crippen LogP contribution in [0, 0.1) is 0 Å². The van der Waals surface area contributed by atoms with E-state index in [1.54, 1.807) is 34.0 Å². The van der Waals surface area contributed by atoms with Crippen LogP contribution in [0.1, 0.15) is 32.3 Å². The molecule has 0 radical (unpaired) electrons. The summed E-state index contributed by atoms with van der Waals surface area (Å²) < 4.78 is 0. The van der Waals surface area contributed by atoms with Crippen LogP contribution in [-0.4, -0.2) is 0 Å². The van der Waals surface area contributed by atoms with Crippen molar-refractivity contribution in [2.24, 2.45) is 0 Å². The Labute approximate surface area is 465 Å². The number of nitrogens with zero attached hydrogens (tertiary/aromatic N) is 2. The highest BCUT2D eigenvalue weighted by Crippen LogP contribution is 2.48. The molecule has 0 aliphatic heterocycles. The number of rotatable bonds is 17. The van der Waals surface area contributed by atoms with E-state index in [0.29, 0.717) is 0 Å². The molecule has 0 spiro atoms. The molecule has 0 unspecified atom stereocenters. The summed E-state index contributed by atoms with van der Waals surface area (Å²) in [7, 11) is 0. The molecule has 374 valence electrons. The molecule has 12 rings (SSSR count).